The zero-order valence-electron chi connectivity index (χ0n) is 11.6. The maximum atomic E-state index is 12.2. The van der Waals surface area contributed by atoms with E-state index in [1.807, 2.05) is 31.2 Å². The fraction of sp³-hybridized carbons (Fsp3) is 0.467. The number of nitrogens with zero attached hydrogens (tertiary/aromatic N) is 1. The van der Waals surface area contributed by atoms with Crippen molar-refractivity contribution >= 4 is 17.6 Å². The minimum absolute atomic E-state index is 0.00112. The number of para-hydroxylation sites is 1. The third kappa shape index (κ3) is 3.17. The van der Waals surface area contributed by atoms with Crippen LogP contribution in [0.3, 0.4) is 0 Å². The van der Waals surface area contributed by atoms with E-state index in [4.69, 9.17) is 5.11 Å². The molecule has 1 amide bonds. The molecule has 0 fully saturated rings. The predicted octanol–water partition coefficient (Wildman–Crippen LogP) is 1.59. The number of carbonyl (C=O) groups excluding carboxylic acids is 1. The maximum Gasteiger partial charge on any atom is 0.304 e. The number of rotatable bonds is 6. The van der Waals surface area contributed by atoms with E-state index in [1.54, 1.807) is 4.90 Å². The van der Waals surface area contributed by atoms with Crippen LogP contribution in [0, 0.1) is 0 Å². The van der Waals surface area contributed by atoms with E-state index in [-0.39, 0.29) is 18.2 Å². The van der Waals surface area contributed by atoms with Gasteiger partial charge >= 0.3 is 5.97 Å². The minimum Gasteiger partial charge on any atom is -0.481 e. The molecule has 0 aliphatic carbocycles. The van der Waals surface area contributed by atoms with Gasteiger partial charge in [-0.1, -0.05) is 25.1 Å². The van der Waals surface area contributed by atoms with Crippen molar-refractivity contribution in [2.24, 2.45) is 0 Å². The number of carboxylic acids is 1. The molecule has 108 valence electrons. The SMILES string of the molecule is CCCNCC(=O)N1CC(CC(=O)O)c2ccccc21. The van der Waals surface area contributed by atoms with Gasteiger partial charge in [-0.05, 0) is 24.6 Å². The monoisotopic (exact) mass is 276 g/mol. The fourth-order valence-corrected chi connectivity index (χ4v) is 2.58. The molecule has 1 aliphatic heterocycles. The number of hydrogen-bond acceptors (Lipinski definition) is 3. The molecule has 5 heteroatoms. The molecule has 0 radical (unpaired) electrons. The molecule has 1 atom stereocenters. The van der Waals surface area contributed by atoms with Gasteiger partial charge in [0.15, 0.2) is 0 Å². The first kappa shape index (κ1) is 14.5. The summed E-state index contributed by atoms with van der Waals surface area (Å²) in [4.78, 5) is 24.9. The molecule has 20 heavy (non-hydrogen) atoms. The summed E-state index contributed by atoms with van der Waals surface area (Å²) >= 11 is 0. The van der Waals surface area contributed by atoms with E-state index >= 15 is 0 Å². The second kappa shape index (κ2) is 6.52. The van der Waals surface area contributed by atoms with E-state index in [0.717, 1.165) is 24.2 Å². The lowest BCUT2D eigenvalue weighted by molar-refractivity contribution is -0.137. The van der Waals surface area contributed by atoms with Gasteiger partial charge in [0.05, 0.1) is 13.0 Å². The molecule has 1 aliphatic rings. The minimum atomic E-state index is -0.830. The lowest BCUT2D eigenvalue weighted by atomic mass is 9.98. The molecule has 1 unspecified atom stereocenters. The van der Waals surface area contributed by atoms with E-state index < -0.39 is 5.97 Å². The van der Waals surface area contributed by atoms with Gasteiger partial charge in [0.25, 0.3) is 0 Å². The Balaban J connectivity index is 2.12. The van der Waals surface area contributed by atoms with Crippen molar-refractivity contribution in [3.63, 3.8) is 0 Å². The van der Waals surface area contributed by atoms with Crippen molar-refractivity contribution in [2.75, 3.05) is 24.5 Å². The first-order chi connectivity index (χ1) is 9.63. The molecule has 0 bridgehead atoms. The van der Waals surface area contributed by atoms with Crippen LogP contribution in [-0.4, -0.2) is 36.6 Å². The number of benzene rings is 1. The van der Waals surface area contributed by atoms with Crippen LogP contribution in [0.15, 0.2) is 24.3 Å². The van der Waals surface area contributed by atoms with Crippen LogP contribution >= 0.6 is 0 Å². The van der Waals surface area contributed by atoms with Crippen molar-refractivity contribution in [2.45, 2.75) is 25.7 Å². The average molecular weight is 276 g/mol. The molecular weight excluding hydrogens is 256 g/mol. The zero-order chi connectivity index (χ0) is 14.5. The van der Waals surface area contributed by atoms with Crippen LogP contribution in [0.1, 0.15) is 31.2 Å². The van der Waals surface area contributed by atoms with Gasteiger partial charge in [-0.25, -0.2) is 0 Å². The summed E-state index contributed by atoms with van der Waals surface area (Å²) in [6.45, 7) is 3.60. The van der Waals surface area contributed by atoms with Crippen LogP contribution in [0.4, 0.5) is 5.69 Å². The molecule has 0 aromatic heterocycles. The summed E-state index contributed by atoms with van der Waals surface area (Å²) in [6.07, 6.45) is 1.04. The highest BCUT2D eigenvalue weighted by atomic mass is 16.4. The third-order valence-corrected chi connectivity index (χ3v) is 3.50. The highest BCUT2D eigenvalue weighted by Gasteiger charge is 2.32. The Morgan fingerprint density at radius 2 is 2.15 bits per heavy atom. The van der Waals surface area contributed by atoms with Gasteiger partial charge in [0.1, 0.15) is 0 Å². The third-order valence-electron chi connectivity index (χ3n) is 3.50. The number of amides is 1. The smallest absolute Gasteiger partial charge is 0.304 e. The highest BCUT2D eigenvalue weighted by Crippen LogP contribution is 2.37. The molecular formula is C15H20N2O3. The molecule has 2 N–H and O–H groups in total. The Kier molecular flexibility index (Phi) is 4.74. The zero-order valence-corrected chi connectivity index (χ0v) is 11.6. The summed E-state index contributed by atoms with van der Waals surface area (Å²) in [6, 6.07) is 7.56. The molecule has 1 heterocycles. The Labute approximate surface area is 118 Å². The van der Waals surface area contributed by atoms with Crippen molar-refractivity contribution in [1.29, 1.82) is 0 Å². The topological polar surface area (TPSA) is 69.6 Å². The fourth-order valence-electron chi connectivity index (χ4n) is 2.58. The summed E-state index contributed by atoms with van der Waals surface area (Å²) in [5, 5.41) is 12.1. The van der Waals surface area contributed by atoms with Crippen LogP contribution in [0.25, 0.3) is 0 Å². The number of carbonyl (C=O) groups is 2. The van der Waals surface area contributed by atoms with Gasteiger partial charge in [-0.15, -0.1) is 0 Å². The van der Waals surface area contributed by atoms with Crippen LogP contribution in [0.5, 0.6) is 0 Å². The molecule has 1 aromatic rings. The van der Waals surface area contributed by atoms with Gasteiger partial charge in [-0.3, -0.25) is 9.59 Å². The van der Waals surface area contributed by atoms with E-state index in [1.165, 1.54) is 0 Å². The number of anilines is 1. The van der Waals surface area contributed by atoms with Gasteiger partial charge in [0.2, 0.25) is 5.91 Å². The number of aliphatic carboxylic acids is 1. The second-order valence-corrected chi connectivity index (χ2v) is 5.03. The maximum absolute atomic E-state index is 12.2. The van der Waals surface area contributed by atoms with Crippen LogP contribution in [0.2, 0.25) is 0 Å². The summed E-state index contributed by atoms with van der Waals surface area (Å²) in [7, 11) is 0. The first-order valence-electron chi connectivity index (χ1n) is 6.95. The molecule has 0 saturated heterocycles. The van der Waals surface area contributed by atoms with Gasteiger partial charge in [-0.2, -0.15) is 0 Å². The van der Waals surface area contributed by atoms with E-state index in [2.05, 4.69) is 5.32 Å². The van der Waals surface area contributed by atoms with Crippen molar-refractivity contribution in [1.82, 2.24) is 5.32 Å². The van der Waals surface area contributed by atoms with Crippen molar-refractivity contribution < 1.29 is 14.7 Å². The Morgan fingerprint density at radius 1 is 1.40 bits per heavy atom. The molecule has 0 saturated carbocycles. The van der Waals surface area contributed by atoms with E-state index in [9.17, 15) is 9.59 Å². The Morgan fingerprint density at radius 3 is 2.85 bits per heavy atom. The Bertz CT molecular complexity index is 502. The first-order valence-corrected chi connectivity index (χ1v) is 6.95. The quantitative estimate of drug-likeness (QED) is 0.774. The molecule has 1 aromatic carbocycles. The normalized spacial score (nSPS) is 17.1. The van der Waals surface area contributed by atoms with E-state index in [0.29, 0.717) is 13.1 Å². The number of carboxylic acid groups (broad SMARTS) is 1. The highest BCUT2D eigenvalue weighted by molar-refractivity contribution is 5.97. The number of hydrogen-bond donors (Lipinski definition) is 2. The molecule has 0 spiro atoms. The molecule has 5 nitrogen and oxygen atoms in total. The van der Waals surface area contributed by atoms with Crippen LogP contribution in [-0.2, 0) is 9.59 Å². The summed E-state index contributed by atoms with van der Waals surface area (Å²) in [5.74, 6) is -0.944. The lowest BCUT2D eigenvalue weighted by Gasteiger charge is -2.18. The second-order valence-electron chi connectivity index (χ2n) is 5.03. The standard InChI is InChI=1S/C15H20N2O3/c1-2-7-16-9-14(18)17-10-11(8-15(19)20)12-5-3-4-6-13(12)17/h3-6,11,16H,2,7-10H2,1H3,(H,19,20). The average Bonchev–Trinajstić information content (AvgIpc) is 2.78. The lowest BCUT2D eigenvalue weighted by Crippen LogP contribution is -2.38. The number of fused-ring (bicyclic) bond motifs is 1. The largest absolute Gasteiger partial charge is 0.481 e. The van der Waals surface area contributed by atoms with Gasteiger partial charge < -0.3 is 15.3 Å². The summed E-state index contributed by atoms with van der Waals surface area (Å²) < 4.78 is 0. The Hall–Kier alpha value is -1.88. The summed E-state index contributed by atoms with van der Waals surface area (Å²) in [5.41, 5.74) is 1.81. The van der Waals surface area contributed by atoms with Gasteiger partial charge in [0, 0.05) is 18.2 Å². The van der Waals surface area contributed by atoms with Crippen molar-refractivity contribution in [3.8, 4) is 0 Å². The molecule has 2 rings (SSSR count). The predicted molar refractivity (Wildman–Crippen MR) is 76.9 cm³/mol. The van der Waals surface area contributed by atoms with Crippen molar-refractivity contribution in [3.05, 3.63) is 29.8 Å². The number of nitrogens with one attached hydrogen (secondary N) is 1. The van der Waals surface area contributed by atoms with Crippen LogP contribution < -0.4 is 10.2 Å².